The average Bonchev–Trinajstić information content (AvgIpc) is 2.94. The second-order valence-corrected chi connectivity index (χ2v) is 6.43. The number of aryl methyl sites for hydroxylation is 1. The van der Waals surface area contributed by atoms with E-state index in [1.165, 1.54) is 18.9 Å². The topological polar surface area (TPSA) is 67.8 Å². The van der Waals surface area contributed by atoms with Crippen LogP contribution in [-0.4, -0.2) is 24.2 Å². The van der Waals surface area contributed by atoms with E-state index in [0.29, 0.717) is 21.2 Å². The highest BCUT2D eigenvalue weighted by Gasteiger charge is 2.24. The first-order chi connectivity index (χ1) is 12.1. The smallest absolute Gasteiger partial charge is 0.338 e. The Morgan fingerprint density at radius 3 is 2.76 bits per heavy atom. The Kier molecular flexibility index (Phi) is 5.00. The van der Waals surface area contributed by atoms with Crippen molar-refractivity contribution >= 4 is 40.6 Å². The van der Waals surface area contributed by atoms with Crippen LogP contribution in [0.1, 0.15) is 21.5 Å². The zero-order valence-corrected chi connectivity index (χ0v) is 14.6. The number of benzene rings is 2. The zero-order chi connectivity index (χ0) is 17.8. The van der Waals surface area contributed by atoms with Crippen molar-refractivity contribution in [2.24, 2.45) is 4.99 Å². The van der Waals surface area contributed by atoms with Gasteiger partial charge in [-0.05, 0) is 54.1 Å². The number of carbonyl (C=O) groups is 2. The minimum atomic E-state index is -0.440. The molecule has 1 amide bonds. The lowest BCUT2D eigenvalue weighted by Crippen LogP contribution is -2.19. The summed E-state index contributed by atoms with van der Waals surface area (Å²) in [5.74, 6) is -0.680. The summed E-state index contributed by atoms with van der Waals surface area (Å²) in [6, 6.07) is 14.7. The highest BCUT2D eigenvalue weighted by Crippen LogP contribution is 2.29. The maximum Gasteiger partial charge on any atom is 0.338 e. The number of carbonyl (C=O) groups excluding carboxylic acids is 2. The molecule has 1 aliphatic rings. The lowest BCUT2D eigenvalue weighted by molar-refractivity contribution is -0.115. The third kappa shape index (κ3) is 3.97. The van der Waals surface area contributed by atoms with Gasteiger partial charge in [-0.3, -0.25) is 4.79 Å². The number of hydrogen-bond donors (Lipinski definition) is 1. The second kappa shape index (κ2) is 7.36. The maximum atomic E-state index is 12.2. The Morgan fingerprint density at radius 1 is 1.20 bits per heavy atom. The van der Waals surface area contributed by atoms with Gasteiger partial charge in [-0.1, -0.05) is 30.3 Å². The van der Waals surface area contributed by atoms with Gasteiger partial charge >= 0.3 is 5.97 Å². The molecule has 0 spiro atoms. The third-order valence-corrected chi connectivity index (χ3v) is 4.45. The molecule has 0 radical (unpaired) electrons. The van der Waals surface area contributed by atoms with Crippen LogP contribution in [0.15, 0.2) is 58.4 Å². The highest BCUT2D eigenvalue weighted by atomic mass is 32.2. The molecule has 1 fully saturated rings. The van der Waals surface area contributed by atoms with Crippen LogP contribution in [0.3, 0.4) is 0 Å². The van der Waals surface area contributed by atoms with E-state index < -0.39 is 5.97 Å². The predicted molar refractivity (Wildman–Crippen MR) is 99.8 cm³/mol. The SMILES string of the molecule is COC(=O)c1ccccc1/C=C1\SC(=Nc2cccc(C)c2)NC1=O. The van der Waals surface area contributed by atoms with E-state index in [4.69, 9.17) is 4.74 Å². The predicted octanol–water partition coefficient (Wildman–Crippen LogP) is 3.67. The van der Waals surface area contributed by atoms with E-state index in [1.807, 2.05) is 31.2 Å². The number of ether oxygens (including phenoxy) is 1. The van der Waals surface area contributed by atoms with Gasteiger partial charge in [0, 0.05) is 0 Å². The summed E-state index contributed by atoms with van der Waals surface area (Å²) >= 11 is 1.24. The Morgan fingerprint density at radius 2 is 2.00 bits per heavy atom. The summed E-state index contributed by atoms with van der Waals surface area (Å²) in [7, 11) is 1.33. The van der Waals surface area contributed by atoms with Crippen molar-refractivity contribution in [3.8, 4) is 0 Å². The first kappa shape index (κ1) is 17.0. The number of amides is 1. The van der Waals surface area contributed by atoms with E-state index in [-0.39, 0.29) is 5.91 Å². The molecule has 1 heterocycles. The minimum Gasteiger partial charge on any atom is -0.465 e. The summed E-state index contributed by atoms with van der Waals surface area (Å²) in [5.41, 5.74) is 2.91. The van der Waals surface area contributed by atoms with Crippen molar-refractivity contribution < 1.29 is 14.3 Å². The maximum absolute atomic E-state index is 12.2. The average molecular weight is 352 g/mol. The van der Waals surface area contributed by atoms with Crippen LogP contribution in [-0.2, 0) is 9.53 Å². The van der Waals surface area contributed by atoms with Crippen LogP contribution in [0.25, 0.3) is 6.08 Å². The number of thioether (sulfide) groups is 1. The van der Waals surface area contributed by atoms with Crippen LogP contribution in [0.5, 0.6) is 0 Å². The number of rotatable bonds is 3. The van der Waals surface area contributed by atoms with Crippen molar-refractivity contribution in [3.63, 3.8) is 0 Å². The molecule has 0 aliphatic carbocycles. The summed E-state index contributed by atoms with van der Waals surface area (Å²) in [6.07, 6.45) is 1.67. The number of esters is 1. The number of nitrogens with zero attached hydrogens (tertiary/aromatic N) is 1. The van der Waals surface area contributed by atoms with E-state index in [1.54, 1.807) is 30.3 Å². The number of aliphatic imine (C=N–C) groups is 1. The van der Waals surface area contributed by atoms with Gasteiger partial charge in [0.2, 0.25) is 0 Å². The molecule has 25 heavy (non-hydrogen) atoms. The minimum absolute atomic E-state index is 0.240. The van der Waals surface area contributed by atoms with Gasteiger partial charge in [0.25, 0.3) is 5.91 Å². The first-order valence-corrected chi connectivity index (χ1v) is 8.42. The van der Waals surface area contributed by atoms with Gasteiger partial charge in [0.05, 0.1) is 23.3 Å². The van der Waals surface area contributed by atoms with Crippen molar-refractivity contribution in [2.45, 2.75) is 6.92 Å². The lowest BCUT2D eigenvalue weighted by atomic mass is 10.1. The van der Waals surface area contributed by atoms with E-state index in [2.05, 4.69) is 10.3 Å². The Balaban J connectivity index is 1.89. The second-order valence-electron chi connectivity index (χ2n) is 5.40. The van der Waals surface area contributed by atoms with E-state index in [0.717, 1.165) is 11.3 Å². The van der Waals surface area contributed by atoms with E-state index in [9.17, 15) is 9.59 Å². The van der Waals surface area contributed by atoms with Gasteiger partial charge < -0.3 is 10.1 Å². The quantitative estimate of drug-likeness (QED) is 0.676. The molecule has 0 aromatic heterocycles. The fraction of sp³-hybridized carbons (Fsp3) is 0.105. The number of nitrogens with one attached hydrogen (secondary N) is 1. The number of amidine groups is 1. The number of methoxy groups -OCH3 is 1. The fourth-order valence-electron chi connectivity index (χ4n) is 2.36. The molecule has 0 unspecified atom stereocenters. The molecule has 0 atom stereocenters. The molecule has 126 valence electrons. The normalized spacial score (nSPS) is 17.0. The highest BCUT2D eigenvalue weighted by molar-refractivity contribution is 8.18. The number of hydrogen-bond acceptors (Lipinski definition) is 5. The molecular weight excluding hydrogens is 336 g/mol. The summed E-state index contributed by atoms with van der Waals surface area (Å²) in [4.78, 5) is 29.0. The molecule has 1 aliphatic heterocycles. The van der Waals surface area contributed by atoms with Gasteiger partial charge in [-0.2, -0.15) is 0 Å². The van der Waals surface area contributed by atoms with Crippen molar-refractivity contribution in [1.29, 1.82) is 0 Å². The molecule has 0 bridgehead atoms. The van der Waals surface area contributed by atoms with Crippen LogP contribution >= 0.6 is 11.8 Å². The van der Waals surface area contributed by atoms with Gasteiger partial charge in [-0.15, -0.1) is 0 Å². The van der Waals surface area contributed by atoms with Gasteiger partial charge in [0.1, 0.15) is 0 Å². The summed E-state index contributed by atoms with van der Waals surface area (Å²) < 4.78 is 4.78. The molecule has 2 aromatic carbocycles. The van der Waals surface area contributed by atoms with Crippen LogP contribution < -0.4 is 5.32 Å². The molecule has 1 N–H and O–H groups in total. The summed E-state index contributed by atoms with van der Waals surface area (Å²) in [6.45, 7) is 1.99. The van der Waals surface area contributed by atoms with Crippen LogP contribution in [0.2, 0.25) is 0 Å². The van der Waals surface area contributed by atoms with Crippen molar-refractivity contribution in [3.05, 3.63) is 70.1 Å². The molecule has 2 aromatic rings. The molecular formula is C19H16N2O3S. The Bertz CT molecular complexity index is 903. The standard InChI is InChI=1S/C19H16N2O3S/c1-12-6-5-8-14(10-12)20-19-21-17(22)16(25-19)11-13-7-3-4-9-15(13)18(23)24-2/h3-11H,1-2H3,(H,20,21,22)/b16-11-. The Hall–Kier alpha value is -2.86. The van der Waals surface area contributed by atoms with Crippen LogP contribution in [0.4, 0.5) is 5.69 Å². The van der Waals surface area contributed by atoms with Gasteiger partial charge in [-0.25, -0.2) is 9.79 Å². The molecule has 1 saturated heterocycles. The lowest BCUT2D eigenvalue weighted by Gasteiger charge is -2.03. The first-order valence-electron chi connectivity index (χ1n) is 7.60. The molecule has 5 nitrogen and oxygen atoms in total. The largest absolute Gasteiger partial charge is 0.465 e. The molecule has 0 saturated carbocycles. The Labute approximate surface area is 149 Å². The van der Waals surface area contributed by atoms with E-state index >= 15 is 0 Å². The summed E-state index contributed by atoms with van der Waals surface area (Å²) in [5, 5.41) is 3.26. The van der Waals surface area contributed by atoms with Crippen LogP contribution in [0, 0.1) is 6.92 Å². The van der Waals surface area contributed by atoms with Crippen molar-refractivity contribution in [2.75, 3.05) is 7.11 Å². The fourth-order valence-corrected chi connectivity index (χ4v) is 3.19. The molecule has 6 heteroatoms. The molecule has 3 rings (SSSR count). The van der Waals surface area contributed by atoms with Crippen molar-refractivity contribution in [1.82, 2.24) is 5.32 Å². The monoisotopic (exact) mass is 352 g/mol. The zero-order valence-electron chi connectivity index (χ0n) is 13.8. The third-order valence-electron chi connectivity index (χ3n) is 3.54. The van der Waals surface area contributed by atoms with Gasteiger partial charge in [0.15, 0.2) is 5.17 Å².